The fourth-order valence-corrected chi connectivity index (χ4v) is 2.91. The Morgan fingerprint density at radius 2 is 1.89 bits per heavy atom. The molecule has 0 bridgehead atoms. The Morgan fingerprint density at radius 1 is 0.963 bits per heavy atom. The zero-order valence-electron chi connectivity index (χ0n) is 14.2. The van der Waals surface area contributed by atoms with Gasteiger partial charge < -0.3 is 10.3 Å². The minimum Gasteiger partial charge on any atom is -0.345 e. The second-order valence-corrected chi connectivity index (χ2v) is 6.03. The summed E-state index contributed by atoms with van der Waals surface area (Å²) in [7, 11) is 0. The molecule has 0 atom stereocenters. The fraction of sp³-hybridized carbons (Fsp3) is 0. The normalized spacial score (nSPS) is 11.0. The van der Waals surface area contributed by atoms with Crippen molar-refractivity contribution in [2.45, 2.75) is 0 Å². The summed E-state index contributed by atoms with van der Waals surface area (Å²) in [6, 6.07) is 17.8. The molecule has 5 aromatic rings. The van der Waals surface area contributed by atoms with Crippen LogP contribution in [0.25, 0.3) is 28.0 Å². The zero-order chi connectivity index (χ0) is 18.1. The molecule has 3 heterocycles. The van der Waals surface area contributed by atoms with Crippen molar-refractivity contribution >= 4 is 22.7 Å². The van der Waals surface area contributed by atoms with Gasteiger partial charge in [-0.25, -0.2) is 19.6 Å². The van der Waals surface area contributed by atoms with Gasteiger partial charge >= 0.3 is 0 Å². The van der Waals surface area contributed by atoms with Crippen LogP contribution in [0.15, 0.2) is 79.5 Å². The van der Waals surface area contributed by atoms with Gasteiger partial charge in [0.05, 0.1) is 46.8 Å². The Kier molecular flexibility index (Phi) is 3.61. The first-order valence-corrected chi connectivity index (χ1v) is 8.49. The van der Waals surface area contributed by atoms with Gasteiger partial charge in [-0.05, 0) is 30.3 Å². The lowest BCUT2D eigenvalue weighted by Gasteiger charge is -2.05. The van der Waals surface area contributed by atoms with E-state index in [2.05, 4.69) is 30.4 Å². The molecule has 0 amide bonds. The number of para-hydroxylation sites is 1. The molecule has 0 saturated heterocycles. The number of anilines is 2. The van der Waals surface area contributed by atoms with E-state index >= 15 is 0 Å². The number of hydrogen-bond acceptors (Lipinski definition) is 5. The summed E-state index contributed by atoms with van der Waals surface area (Å²) in [6.07, 6.45) is 7.08. The number of aromatic nitrogens is 6. The fourth-order valence-electron chi connectivity index (χ4n) is 2.91. The maximum absolute atomic E-state index is 4.61. The Bertz CT molecular complexity index is 1210. The molecular weight excluding hydrogens is 338 g/mol. The van der Waals surface area contributed by atoms with Crippen LogP contribution < -0.4 is 5.32 Å². The van der Waals surface area contributed by atoms with Crippen molar-refractivity contribution < 1.29 is 0 Å². The molecule has 7 nitrogen and oxygen atoms in total. The molecule has 2 aromatic carbocycles. The van der Waals surface area contributed by atoms with Gasteiger partial charge in [0, 0.05) is 11.8 Å². The highest BCUT2D eigenvalue weighted by molar-refractivity contribution is 5.80. The average Bonchev–Trinajstić information content (AvgIpc) is 3.38. The number of H-pyrrole nitrogens is 1. The molecule has 0 radical (unpaired) electrons. The topological polar surface area (TPSA) is 84.3 Å². The molecule has 0 spiro atoms. The van der Waals surface area contributed by atoms with E-state index in [4.69, 9.17) is 0 Å². The minimum absolute atomic E-state index is 0.516. The minimum atomic E-state index is 0.516. The molecule has 0 unspecified atom stereocenters. The highest BCUT2D eigenvalue weighted by Gasteiger charge is 2.07. The van der Waals surface area contributed by atoms with Crippen molar-refractivity contribution in [3.63, 3.8) is 0 Å². The Morgan fingerprint density at radius 3 is 2.81 bits per heavy atom. The van der Waals surface area contributed by atoms with Crippen LogP contribution >= 0.6 is 0 Å². The monoisotopic (exact) mass is 353 g/mol. The number of imidazole rings is 1. The molecular formula is C20H15N7. The number of rotatable bonds is 4. The second-order valence-electron chi connectivity index (χ2n) is 6.03. The third-order valence-corrected chi connectivity index (χ3v) is 4.23. The van der Waals surface area contributed by atoms with Gasteiger partial charge in [-0.3, -0.25) is 0 Å². The SMILES string of the molecule is c1ccc(-n2cc(Nc3nccc(-c4ccc5[nH]cnc5c4)n3)cn2)cc1. The predicted molar refractivity (Wildman–Crippen MR) is 104 cm³/mol. The lowest BCUT2D eigenvalue weighted by Crippen LogP contribution is -1.97. The van der Waals surface area contributed by atoms with Crippen LogP contribution in [0.2, 0.25) is 0 Å². The van der Waals surface area contributed by atoms with E-state index in [9.17, 15) is 0 Å². The molecule has 2 N–H and O–H groups in total. The first kappa shape index (κ1) is 15.3. The summed E-state index contributed by atoms with van der Waals surface area (Å²) in [4.78, 5) is 16.3. The van der Waals surface area contributed by atoms with Crippen molar-refractivity contribution in [2.24, 2.45) is 0 Å². The number of hydrogen-bond donors (Lipinski definition) is 2. The van der Waals surface area contributed by atoms with E-state index in [1.54, 1.807) is 23.4 Å². The maximum atomic E-state index is 4.61. The van der Waals surface area contributed by atoms with E-state index in [-0.39, 0.29) is 0 Å². The van der Waals surface area contributed by atoms with Gasteiger partial charge in [0.15, 0.2) is 0 Å². The Hall–Kier alpha value is -4.00. The molecule has 5 rings (SSSR count). The summed E-state index contributed by atoms with van der Waals surface area (Å²) in [5, 5.41) is 7.59. The Balaban J connectivity index is 1.42. The van der Waals surface area contributed by atoms with E-state index in [0.29, 0.717) is 5.95 Å². The highest BCUT2D eigenvalue weighted by Crippen LogP contribution is 2.22. The zero-order valence-corrected chi connectivity index (χ0v) is 14.2. The van der Waals surface area contributed by atoms with Crippen molar-refractivity contribution in [2.75, 3.05) is 5.32 Å². The van der Waals surface area contributed by atoms with Gasteiger partial charge in [0.25, 0.3) is 0 Å². The van der Waals surface area contributed by atoms with Crippen LogP contribution in [0.4, 0.5) is 11.6 Å². The van der Waals surface area contributed by atoms with Crippen LogP contribution in [0, 0.1) is 0 Å². The van der Waals surface area contributed by atoms with Gasteiger partial charge in [0.2, 0.25) is 5.95 Å². The summed E-state index contributed by atoms with van der Waals surface area (Å²) >= 11 is 0. The van der Waals surface area contributed by atoms with E-state index in [1.807, 2.05) is 60.8 Å². The summed E-state index contributed by atoms with van der Waals surface area (Å²) < 4.78 is 1.80. The van der Waals surface area contributed by atoms with Crippen molar-refractivity contribution in [3.05, 3.63) is 79.5 Å². The molecule has 3 aromatic heterocycles. The van der Waals surface area contributed by atoms with Gasteiger partial charge in [-0.15, -0.1) is 0 Å². The van der Waals surface area contributed by atoms with Gasteiger partial charge in [0.1, 0.15) is 0 Å². The summed E-state index contributed by atoms with van der Waals surface area (Å²) in [5.74, 6) is 0.516. The van der Waals surface area contributed by atoms with Crippen LogP contribution in [0.3, 0.4) is 0 Å². The molecule has 0 aliphatic rings. The molecule has 0 fully saturated rings. The highest BCUT2D eigenvalue weighted by atomic mass is 15.3. The van der Waals surface area contributed by atoms with Crippen molar-refractivity contribution in [1.29, 1.82) is 0 Å². The van der Waals surface area contributed by atoms with Crippen molar-refractivity contribution in [1.82, 2.24) is 29.7 Å². The van der Waals surface area contributed by atoms with Gasteiger partial charge in [-0.2, -0.15) is 5.10 Å². The average molecular weight is 353 g/mol. The maximum Gasteiger partial charge on any atom is 0.227 e. The largest absolute Gasteiger partial charge is 0.345 e. The number of aromatic amines is 1. The first-order chi connectivity index (χ1) is 13.3. The molecule has 0 saturated carbocycles. The van der Waals surface area contributed by atoms with E-state index in [1.165, 1.54) is 0 Å². The van der Waals surface area contributed by atoms with Crippen LogP contribution in [-0.2, 0) is 0 Å². The number of fused-ring (bicyclic) bond motifs is 1. The standard InChI is InChI=1S/C20H15N7/c1-2-4-16(5-3-1)27-12-15(11-24-27)25-20-21-9-8-17(26-20)14-6-7-18-19(10-14)23-13-22-18/h1-13H,(H,22,23)(H,21,25,26). The quantitative estimate of drug-likeness (QED) is 0.511. The third-order valence-electron chi connectivity index (χ3n) is 4.23. The smallest absolute Gasteiger partial charge is 0.227 e. The molecule has 0 aliphatic carbocycles. The number of nitrogens with one attached hydrogen (secondary N) is 2. The Labute approximate surface area is 154 Å². The molecule has 7 heteroatoms. The second kappa shape index (κ2) is 6.38. The number of nitrogens with zero attached hydrogens (tertiary/aromatic N) is 5. The van der Waals surface area contributed by atoms with Crippen LogP contribution in [0.5, 0.6) is 0 Å². The lowest BCUT2D eigenvalue weighted by atomic mass is 10.1. The lowest BCUT2D eigenvalue weighted by molar-refractivity contribution is 0.881. The van der Waals surface area contributed by atoms with Gasteiger partial charge in [-0.1, -0.05) is 24.3 Å². The predicted octanol–water partition coefficient (Wildman–Crippen LogP) is 3.95. The first-order valence-electron chi connectivity index (χ1n) is 8.49. The van der Waals surface area contributed by atoms with E-state index < -0.39 is 0 Å². The van der Waals surface area contributed by atoms with E-state index in [0.717, 1.165) is 33.7 Å². The summed E-state index contributed by atoms with van der Waals surface area (Å²) in [5.41, 5.74) is 5.53. The third kappa shape index (κ3) is 3.02. The van der Waals surface area contributed by atoms with Crippen molar-refractivity contribution in [3.8, 4) is 16.9 Å². The summed E-state index contributed by atoms with van der Waals surface area (Å²) in [6.45, 7) is 0. The molecule has 27 heavy (non-hydrogen) atoms. The molecule has 0 aliphatic heterocycles. The number of benzene rings is 2. The van der Waals surface area contributed by atoms with Crippen LogP contribution in [-0.4, -0.2) is 29.7 Å². The molecule has 130 valence electrons. The van der Waals surface area contributed by atoms with Crippen LogP contribution in [0.1, 0.15) is 0 Å².